The summed E-state index contributed by atoms with van der Waals surface area (Å²) >= 11 is 5.72. The highest BCUT2D eigenvalue weighted by Crippen LogP contribution is 2.18. The molecule has 1 aromatic carbocycles. The SMILES string of the molecule is C[C@@H](c1cccnc1)N(C)C(=O)NCc1ccc(F)c(Cl)c1. The molecule has 22 heavy (non-hydrogen) atoms. The van der Waals surface area contributed by atoms with Crippen LogP contribution in [0.25, 0.3) is 0 Å². The summed E-state index contributed by atoms with van der Waals surface area (Å²) in [5.74, 6) is -0.473. The zero-order valence-electron chi connectivity index (χ0n) is 12.4. The minimum Gasteiger partial charge on any atom is -0.334 e. The molecule has 0 aliphatic heterocycles. The van der Waals surface area contributed by atoms with Gasteiger partial charge in [0.25, 0.3) is 0 Å². The van der Waals surface area contributed by atoms with Crippen LogP contribution in [0.3, 0.4) is 0 Å². The van der Waals surface area contributed by atoms with Gasteiger partial charge in [-0.2, -0.15) is 0 Å². The molecule has 1 heterocycles. The highest BCUT2D eigenvalue weighted by Gasteiger charge is 2.17. The topological polar surface area (TPSA) is 45.2 Å². The molecule has 0 unspecified atom stereocenters. The fraction of sp³-hybridized carbons (Fsp3) is 0.250. The number of hydrogen-bond acceptors (Lipinski definition) is 2. The molecule has 1 aromatic heterocycles. The van der Waals surface area contributed by atoms with E-state index in [1.165, 1.54) is 12.1 Å². The van der Waals surface area contributed by atoms with Crippen molar-refractivity contribution in [3.63, 3.8) is 0 Å². The third-order valence-corrected chi connectivity index (χ3v) is 3.79. The molecule has 4 nitrogen and oxygen atoms in total. The summed E-state index contributed by atoms with van der Waals surface area (Å²) < 4.78 is 13.1. The smallest absolute Gasteiger partial charge is 0.317 e. The van der Waals surface area contributed by atoms with E-state index in [4.69, 9.17) is 11.6 Å². The van der Waals surface area contributed by atoms with Crippen LogP contribution in [-0.2, 0) is 6.54 Å². The highest BCUT2D eigenvalue weighted by molar-refractivity contribution is 6.30. The van der Waals surface area contributed by atoms with Crippen LogP contribution in [0.4, 0.5) is 9.18 Å². The lowest BCUT2D eigenvalue weighted by Crippen LogP contribution is -2.38. The summed E-state index contributed by atoms with van der Waals surface area (Å²) in [6.45, 7) is 2.20. The first-order valence-corrected chi connectivity index (χ1v) is 7.21. The second kappa shape index (κ2) is 7.22. The van der Waals surface area contributed by atoms with Crippen LogP contribution in [0.2, 0.25) is 5.02 Å². The Hall–Kier alpha value is -2.14. The summed E-state index contributed by atoms with van der Waals surface area (Å²) in [7, 11) is 1.71. The molecule has 0 radical (unpaired) electrons. The normalized spacial score (nSPS) is 11.8. The van der Waals surface area contributed by atoms with E-state index in [9.17, 15) is 9.18 Å². The van der Waals surface area contributed by atoms with E-state index in [1.54, 1.807) is 30.4 Å². The second-order valence-corrected chi connectivity index (χ2v) is 5.39. The number of hydrogen-bond donors (Lipinski definition) is 1. The lowest BCUT2D eigenvalue weighted by molar-refractivity contribution is 0.194. The van der Waals surface area contributed by atoms with E-state index in [1.807, 2.05) is 19.1 Å². The quantitative estimate of drug-likeness (QED) is 0.931. The van der Waals surface area contributed by atoms with Crippen LogP contribution >= 0.6 is 11.6 Å². The van der Waals surface area contributed by atoms with Crippen molar-refractivity contribution in [2.24, 2.45) is 0 Å². The number of benzene rings is 1. The fourth-order valence-electron chi connectivity index (χ4n) is 1.97. The number of aromatic nitrogens is 1. The Balaban J connectivity index is 1.95. The Morgan fingerprint density at radius 3 is 2.86 bits per heavy atom. The van der Waals surface area contributed by atoms with Crippen molar-refractivity contribution in [3.8, 4) is 0 Å². The number of amides is 2. The molecule has 0 aliphatic carbocycles. The standard InChI is InChI=1S/C16H17ClFN3O/c1-11(13-4-3-7-19-10-13)21(2)16(22)20-9-12-5-6-15(18)14(17)8-12/h3-8,10-11H,9H2,1-2H3,(H,20,22)/t11-/m0/s1. The first kappa shape index (κ1) is 16.2. The number of nitrogens with zero attached hydrogens (tertiary/aromatic N) is 2. The van der Waals surface area contributed by atoms with E-state index >= 15 is 0 Å². The Morgan fingerprint density at radius 2 is 2.23 bits per heavy atom. The van der Waals surface area contributed by atoms with E-state index in [0.717, 1.165) is 11.1 Å². The van der Waals surface area contributed by atoms with Crippen molar-refractivity contribution in [3.05, 3.63) is 64.7 Å². The monoisotopic (exact) mass is 321 g/mol. The highest BCUT2D eigenvalue weighted by atomic mass is 35.5. The molecule has 0 spiro atoms. The van der Waals surface area contributed by atoms with Crippen molar-refractivity contribution >= 4 is 17.6 Å². The van der Waals surface area contributed by atoms with Crippen molar-refractivity contribution in [1.82, 2.24) is 15.2 Å². The summed E-state index contributed by atoms with van der Waals surface area (Å²) in [6, 6.07) is 7.79. The van der Waals surface area contributed by atoms with Crippen LogP contribution in [0.1, 0.15) is 24.1 Å². The minimum absolute atomic E-state index is 0.0452. The van der Waals surface area contributed by atoms with Gasteiger partial charge in [0, 0.05) is 26.0 Å². The molecule has 0 saturated heterocycles. The van der Waals surface area contributed by atoms with E-state index in [0.29, 0.717) is 0 Å². The Morgan fingerprint density at radius 1 is 1.45 bits per heavy atom. The zero-order chi connectivity index (χ0) is 16.1. The van der Waals surface area contributed by atoms with E-state index in [-0.39, 0.29) is 23.6 Å². The van der Waals surface area contributed by atoms with Gasteiger partial charge in [-0.1, -0.05) is 23.7 Å². The molecule has 0 bridgehead atoms. The number of pyridine rings is 1. The molecule has 2 amide bonds. The van der Waals surface area contributed by atoms with Crippen LogP contribution in [0, 0.1) is 5.82 Å². The van der Waals surface area contributed by atoms with Gasteiger partial charge in [-0.25, -0.2) is 9.18 Å². The van der Waals surface area contributed by atoms with Gasteiger partial charge >= 0.3 is 6.03 Å². The summed E-state index contributed by atoms with van der Waals surface area (Å²) in [4.78, 5) is 17.8. The van der Waals surface area contributed by atoms with Crippen molar-refractivity contribution in [2.75, 3.05) is 7.05 Å². The molecule has 2 aromatic rings. The van der Waals surface area contributed by atoms with E-state index in [2.05, 4.69) is 10.3 Å². The maximum absolute atomic E-state index is 13.1. The Bertz CT molecular complexity index is 651. The lowest BCUT2D eigenvalue weighted by Gasteiger charge is -2.25. The van der Waals surface area contributed by atoms with E-state index < -0.39 is 5.82 Å². The van der Waals surface area contributed by atoms with Crippen LogP contribution in [-0.4, -0.2) is 23.0 Å². The largest absolute Gasteiger partial charge is 0.334 e. The van der Waals surface area contributed by atoms with Gasteiger partial charge in [0.1, 0.15) is 5.82 Å². The van der Waals surface area contributed by atoms with Crippen LogP contribution < -0.4 is 5.32 Å². The van der Waals surface area contributed by atoms with Gasteiger partial charge < -0.3 is 10.2 Å². The van der Waals surface area contributed by atoms with Crippen molar-refractivity contribution < 1.29 is 9.18 Å². The molecule has 2 rings (SSSR count). The average Bonchev–Trinajstić information content (AvgIpc) is 2.55. The first-order chi connectivity index (χ1) is 10.5. The molecule has 6 heteroatoms. The maximum atomic E-state index is 13.1. The number of halogens is 2. The number of nitrogens with one attached hydrogen (secondary N) is 1. The average molecular weight is 322 g/mol. The third kappa shape index (κ3) is 3.95. The molecule has 116 valence electrons. The van der Waals surface area contributed by atoms with Gasteiger partial charge in [-0.05, 0) is 36.2 Å². The third-order valence-electron chi connectivity index (χ3n) is 3.50. The first-order valence-electron chi connectivity index (χ1n) is 6.83. The number of carbonyl (C=O) groups excluding carboxylic acids is 1. The summed E-state index contributed by atoms with van der Waals surface area (Å²) in [5.41, 5.74) is 1.69. The van der Waals surface area contributed by atoms with Crippen LogP contribution in [0.5, 0.6) is 0 Å². The number of carbonyl (C=O) groups is 1. The number of rotatable bonds is 4. The van der Waals surface area contributed by atoms with Crippen molar-refractivity contribution in [1.29, 1.82) is 0 Å². The number of urea groups is 1. The molecule has 0 fully saturated rings. The molecule has 0 aliphatic rings. The predicted molar refractivity (Wildman–Crippen MR) is 84.1 cm³/mol. The predicted octanol–water partition coefficient (Wildman–Crippen LogP) is 3.78. The zero-order valence-corrected chi connectivity index (χ0v) is 13.1. The lowest BCUT2D eigenvalue weighted by atomic mass is 10.1. The van der Waals surface area contributed by atoms with Gasteiger partial charge in [0.05, 0.1) is 11.1 Å². The summed E-state index contributed by atoms with van der Waals surface area (Å²) in [5, 5.41) is 2.83. The van der Waals surface area contributed by atoms with Gasteiger partial charge in [-0.15, -0.1) is 0 Å². The van der Waals surface area contributed by atoms with Crippen molar-refractivity contribution in [2.45, 2.75) is 19.5 Å². The maximum Gasteiger partial charge on any atom is 0.317 e. The molecular weight excluding hydrogens is 305 g/mol. The molecule has 0 saturated carbocycles. The second-order valence-electron chi connectivity index (χ2n) is 4.98. The molecular formula is C16H17ClFN3O. The Kier molecular flexibility index (Phi) is 5.33. The van der Waals surface area contributed by atoms with Gasteiger partial charge in [0.15, 0.2) is 0 Å². The Labute approximate surface area is 133 Å². The summed E-state index contributed by atoms with van der Waals surface area (Å²) in [6.07, 6.45) is 3.42. The minimum atomic E-state index is -0.473. The van der Waals surface area contributed by atoms with Gasteiger partial charge in [-0.3, -0.25) is 4.98 Å². The molecule has 1 N–H and O–H groups in total. The fourth-order valence-corrected chi connectivity index (χ4v) is 2.18. The van der Waals surface area contributed by atoms with Gasteiger partial charge in [0.2, 0.25) is 0 Å². The molecule has 1 atom stereocenters. The van der Waals surface area contributed by atoms with Crippen LogP contribution in [0.15, 0.2) is 42.7 Å².